The number of ether oxygens (including phenoxy) is 5. The van der Waals surface area contributed by atoms with E-state index < -0.39 is 83.7 Å². The summed E-state index contributed by atoms with van der Waals surface area (Å²) in [6, 6.07) is -1.12. The Morgan fingerprint density at radius 2 is 1.63 bits per heavy atom. The molecule has 4 rings (SSSR count). The number of ketones is 3. The molecule has 14 nitrogen and oxygen atoms in total. The zero-order chi connectivity index (χ0) is 49.6. The number of methoxy groups -OCH3 is 3. The topological polar surface area (TPSA) is 184 Å². The number of aliphatic hydroxyl groups excluding tert-OH is 1. The number of carbonyl (C=O) groups excluding carboxylic acids is 5. The van der Waals surface area contributed by atoms with Gasteiger partial charge >= 0.3 is 5.97 Å². The maximum atomic E-state index is 14.4. The zero-order valence-corrected chi connectivity index (χ0v) is 43.6. The van der Waals surface area contributed by atoms with E-state index >= 15 is 0 Å². The number of fused-ring (bicyclic) bond motifs is 3. The Hall–Kier alpha value is -2.64. The highest BCUT2D eigenvalue weighted by molar-refractivity contribution is 14.1. The number of aliphatic hydroxyl groups is 2. The fourth-order valence-electron chi connectivity index (χ4n) is 10.5. The third kappa shape index (κ3) is 15.2. The molecule has 0 aromatic carbocycles. The maximum Gasteiger partial charge on any atom is 0.329 e. The van der Waals surface area contributed by atoms with E-state index in [0.29, 0.717) is 44.9 Å². The van der Waals surface area contributed by atoms with Gasteiger partial charge in [0.1, 0.15) is 47.0 Å². The molecule has 0 aromatic heterocycles. The van der Waals surface area contributed by atoms with Crippen molar-refractivity contribution in [3.8, 4) is 0 Å². The molecule has 0 aromatic rings. The van der Waals surface area contributed by atoms with E-state index in [4.69, 9.17) is 26.8 Å². The van der Waals surface area contributed by atoms with Gasteiger partial charge in [0.2, 0.25) is 5.79 Å². The van der Waals surface area contributed by atoms with Crippen LogP contribution in [-0.4, -0.2) is 127 Å². The van der Waals surface area contributed by atoms with Gasteiger partial charge in [-0.05, 0) is 107 Å². The first-order chi connectivity index (χ1) is 31.8. The van der Waals surface area contributed by atoms with Crippen LogP contribution >= 0.6 is 23.0 Å². The summed E-state index contributed by atoms with van der Waals surface area (Å²) in [5, 5.41) is 23.5. The highest BCUT2D eigenvalue weighted by atomic mass is 127. The molecule has 67 heavy (non-hydrogen) atoms. The summed E-state index contributed by atoms with van der Waals surface area (Å²) in [5.41, 5.74) is 0.873. The number of halogens is 1. The van der Waals surface area contributed by atoms with Crippen LogP contribution in [0.15, 0.2) is 48.6 Å². The lowest BCUT2D eigenvalue weighted by Crippen LogP contribution is -2.61. The number of Topliss-reactive ketones (excluding diaryl/α,β-unsaturated/α-hetero) is 3. The molecule has 2 bridgehead atoms. The van der Waals surface area contributed by atoms with Crippen LogP contribution in [0.2, 0.25) is 0 Å². The minimum absolute atomic E-state index is 0.0443. The second-order valence-electron chi connectivity index (χ2n) is 20.0. The van der Waals surface area contributed by atoms with Gasteiger partial charge in [0.25, 0.3) is 11.7 Å². The molecule has 2 saturated heterocycles. The van der Waals surface area contributed by atoms with E-state index in [1.54, 1.807) is 41.1 Å². The lowest BCUT2D eigenvalue weighted by Gasteiger charge is -2.42. The van der Waals surface area contributed by atoms with Crippen molar-refractivity contribution >= 4 is 52.2 Å². The number of hydrogen-bond donors (Lipinski definition) is 2. The molecule has 4 aliphatic rings. The number of amides is 1. The van der Waals surface area contributed by atoms with Crippen molar-refractivity contribution in [2.24, 2.45) is 41.4 Å². The molecule has 16 atom stereocenters. The average Bonchev–Trinajstić information content (AvgIpc) is 3.32. The quantitative estimate of drug-likeness (QED) is 0.104. The van der Waals surface area contributed by atoms with Crippen molar-refractivity contribution in [3.63, 3.8) is 0 Å². The van der Waals surface area contributed by atoms with Gasteiger partial charge in [-0.1, -0.05) is 71.1 Å². The molecule has 3 fully saturated rings. The van der Waals surface area contributed by atoms with Crippen LogP contribution in [0, 0.1) is 41.4 Å². The molecular weight excluding hydrogens is 973 g/mol. The lowest BCUT2D eigenvalue weighted by atomic mass is 9.78. The average molecular weight is 1050 g/mol. The minimum Gasteiger partial charge on any atom is -0.460 e. The Morgan fingerprint density at radius 3 is 2.28 bits per heavy atom. The standard InChI is InChI=1S/C52H80INO13/c1-11-37-18-14-12-13-17-31(2)43(62-8)29-39-22-20-36(7)52(61,66-39)49(58)50(59)54-24-16-15-19-40(54)51(60)65-44(33(4)26-38-21-23-42(67-53)45(28-38)63-9)30-41(55)32(3)25-34(5)46(56)48(64-10)47(57)35(6)27-37/h11-14,17-18,32-40,42-46,48,56,61H,1,15-16,19-30H2,2-10H3/b13-12?,18-14+,31-17?/t32-,33-,34?,35-,36-,37-,38+,39?,40?,42-,43+,44+,45-,46-,48-,52-/m1/s1. The molecule has 378 valence electrons. The van der Waals surface area contributed by atoms with Gasteiger partial charge in [0.15, 0.2) is 5.78 Å². The van der Waals surface area contributed by atoms with Crippen LogP contribution in [-0.2, 0) is 50.7 Å². The third-order valence-corrected chi connectivity index (χ3v) is 15.7. The van der Waals surface area contributed by atoms with Gasteiger partial charge in [0.05, 0.1) is 30.5 Å². The fourth-order valence-corrected chi connectivity index (χ4v) is 11.1. The summed E-state index contributed by atoms with van der Waals surface area (Å²) in [6.07, 6.45) is 13.1. The van der Waals surface area contributed by atoms with Crippen LogP contribution in [0.25, 0.3) is 0 Å². The SMILES string of the molecule is C=C[C@@H]1/C=C/C=CC=C(C)[C@@H](OC)CC2CC[C@@H](C)[C@@](O)(O2)C(=O)C(=O)N2CCCCC2C(=O)O[C@H]([C@H](C)C[C@@H]2CC[C@@H](OI)[C@H](OC)C2)CC(=O)[C@H](C)CC(C)[C@@H](O)[C@@H](OC)C(=O)[C@H](C)C1. The summed E-state index contributed by atoms with van der Waals surface area (Å²) < 4.78 is 35.4. The summed E-state index contributed by atoms with van der Waals surface area (Å²) in [5.74, 6) is -8.20. The summed E-state index contributed by atoms with van der Waals surface area (Å²) in [6.45, 7) is 15.0. The molecular formula is C52H80INO13. The second-order valence-corrected chi connectivity index (χ2v) is 20.5. The Kier molecular flexibility index (Phi) is 23.0. The van der Waals surface area contributed by atoms with E-state index in [0.717, 1.165) is 24.8 Å². The van der Waals surface area contributed by atoms with Crippen molar-refractivity contribution in [2.75, 3.05) is 27.9 Å². The van der Waals surface area contributed by atoms with E-state index in [1.807, 2.05) is 74.2 Å². The Morgan fingerprint density at radius 1 is 0.896 bits per heavy atom. The number of cyclic esters (lactones) is 1. The number of piperidine rings is 1. The number of allylic oxidation sites excluding steroid dienone is 6. The Bertz CT molecular complexity index is 1770. The minimum atomic E-state index is -2.42. The van der Waals surface area contributed by atoms with Crippen molar-refractivity contribution < 1.29 is 60.9 Å². The fraction of sp³-hybridized carbons (Fsp3) is 0.750. The predicted molar refractivity (Wildman–Crippen MR) is 263 cm³/mol. The second kappa shape index (κ2) is 27.1. The van der Waals surface area contributed by atoms with Crippen molar-refractivity contribution in [1.82, 2.24) is 4.90 Å². The monoisotopic (exact) mass is 1050 g/mol. The molecule has 2 N–H and O–H groups in total. The van der Waals surface area contributed by atoms with E-state index in [1.165, 1.54) is 12.0 Å². The van der Waals surface area contributed by atoms with Gasteiger partial charge in [0, 0.05) is 58.5 Å². The molecule has 3 aliphatic heterocycles. The Labute approximate surface area is 413 Å². The number of rotatable bonds is 8. The number of hydrogen-bond acceptors (Lipinski definition) is 13. The maximum absolute atomic E-state index is 14.4. The highest BCUT2D eigenvalue weighted by Gasteiger charge is 2.53. The van der Waals surface area contributed by atoms with Crippen LogP contribution < -0.4 is 0 Å². The first-order valence-corrected chi connectivity index (χ1v) is 25.4. The molecule has 1 amide bonds. The van der Waals surface area contributed by atoms with Gasteiger partial charge in [-0.3, -0.25) is 19.2 Å². The van der Waals surface area contributed by atoms with Crippen molar-refractivity contribution in [1.29, 1.82) is 0 Å². The highest BCUT2D eigenvalue weighted by Crippen LogP contribution is 2.38. The number of nitrogens with zero attached hydrogens (tertiary/aromatic N) is 1. The molecule has 3 unspecified atom stereocenters. The van der Waals surface area contributed by atoms with E-state index in [-0.39, 0.29) is 67.3 Å². The molecule has 0 spiro atoms. The first-order valence-electron chi connectivity index (χ1n) is 24.5. The van der Waals surface area contributed by atoms with E-state index in [9.17, 15) is 34.2 Å². The molecule has 15 heteroatoms. The molecule has 1 saturated carbocycles. The van der Waals surface area contributed by atoms with Crippen LogP contribution in [0.1, 0.15) is 125 Å². The molecule has 1 aliphatic carbocycles. The smallest absolute Gasteiger partial charge is 0.329 e. The largest absolute Gasteiger partial charge is 0.460 e. The van der Waals surface area contributed by atoms with Gasteiger partial charge in [-0.2, -0.15) is 0 Å². The number of esters is 1. The summed E-state index contributed by atoms with van der Waals surface area (Å²) in [4.78, 5) is 72.2. The number of carbonyl (C=O) groups is 5. The van der Waals surface area contributed by atoms with Gasteiger partial charge in [-0.25, -0.2) is 4.79 Å². The van der Waals surface area contributed by atoms with E-state index in [2.05, 4.69) is 6.58 Å². The molecule has 3 heterocycles. The van der Waals surface area contributed by atoms with Gasteiger partial charge in [-0.15, -0.1) is 6.58 Å². The first kappa shape index (κ1) is 56.9. The third-order valence-electron chi connectivity index (χ3n) is 15.1. The molecule has 0 radical (unpaired) electrons. The van der Waals surface area contributed by atoms with Crippen LogP contribution in [0.3, 0.4) is 0 Å². The predicted octanol–water partition coefficient (Wildman–Crippen LogP) is 7.80. The summed E-state index contributed by atoms with van der Waals surface area (Å²) in [7, 11) is 4.64. The van der Waals surface area contributed by atoms with Crippen molar-refractivity contribution in [2.45, 2.75) is 180 Å². The Balaban J connectivity index is 1.69. The van der Waals surface area contributed by atoms with Crippen LogP contribution in [0.5, 0.6) is 0 Å². The van der Waals surface area contributed by atoms with Crippen LogP contribution in [0.4, 0.5) is 0 Å². The summed E-state index contributed by atoms with van der Waals surface area (Å²) >= 11 is 1.91. The van der Waals surface area contributed by atoms with Gasteiger partial charge < -0.3 is 41.9 Å². The normalized spacial score (nSPS) is 38.7. The lowest BCUT2D eigenvalue weighted by molar-refractivity contribution is -0.265. The zero-order valence-electron chi connectivity index (χ0n) is 41.4. The van der Waals surface area contributed by atoms with Crippen molar-refractivity contribution in [3.05, 3.63) is 48.6 Å².